The van der Waals surface area contributed by atoms with Crippen molar-refractivity contribution in [2.75, 3.05) is 13.2 Å². The van der Waals surface area contributed by atoms with Crippen molar-refractivity contribution in [3.8, 4) is 0 Å². The van der Waals surface area contributed by atoms with E-state index in [0.29, 0.717) is 13.0 Å². The molecule has 5 heteroatoms. The lowest BCUT2D eigenvalue weighted by atomic mass is 10.4. The number of rotatable bonds is 6. The minimum Gasteiger partial charge on any atom is -0.462 e. The number of hydrogen-bond acceptors (Lipinski definition) is 5. The monoisotopic (exact) mass is 215 g/mol. The Balaban J connectivity index is 4.05. The van der Waals surface area contributed by atoms with Crippen molar-refractivity contribution >= 4 is 11.9 Å². The van der Waals surface area contributed by atoms with E-state index in [1.165, 1.54) is 0 Å². The van der Waals surface area contributed by atoms with Crippen LogP contribution >= 0.6 is 0 Å². The molecule has 0 saturated heterocycles. The van der Waals surface area contributed by atoms with Crippen molar-refractivity contribution in [3.05, 3.63) is 11.8 Å². The second kappa shape index (κ2) is 7.84. The zero-order valence-electron chi connectivity index (χ0n) is 9.12. The molecule has 2 N–H and O–H groups in total. The van der Waals surface area contributed by atoms with E-state index in [9.17, 15) is 9.59 Å². The summed E-state index contributed by atoms with van der Waals surface area (Å²) in [7, 11) is 0. The van der Waals surface area contributed by atoms with Crippen molar-refractivity contribution in [2.24, 2.45) is 5.73 Å². The lowest BCUT2D eigenvalue weighted by Gasteiger charge is -2.03. The quantitative estimate of drug-likeness (QED) is 0.522. The minimum absolute atomic E-state index is 0.232. The van der Waals surface area contributed by atoms with Crippen LogP contribution < -0.4 is 5.73 Å². The van der Waals surface area contributed by atoms with Crippen molar-refractivity contribution in [1.29, 1.82) is 0 Å². The van der Waals surface area contributed by atoms with Gasteiger partial charge in [-0.15, -0.1) is 0 Å². The van der Waals surface area contributed by atoms with Gasteiger partial charge in [0.25, 0.3) is 0 Å². The van der Waals surface area contributed by atoms with Crippen LogP contribution in [-0.2, 0) is 19.1 Å². The molecule has 0 amide bonds. The van der Waals surface area contributed by atoms with Gasteiger partial charge in [-0.2, -0.15) is 0 Å². The van der Waals surface area contributed by atoms with Crippen LogP contribution in [0.5, 0.6) is 0 Å². The number of nitrogens with two attached hydrogens (primary N) is 1. The van der Waals surface area contributed by atoms with Gasteiger partial charge in [0.15, 0.2) is 0 Å². The zero-order valence-corrected chi connectivity index (χ0v) is 9.12. The highest BCUT2D eigenvalue weighted by Gasteiger charge is 2.08. The molecule has 15 heavy (non-hydrogen) atoms. The molecule has 0 aromatic heterocycles. The van der Waals surface area contributed by atoms with Crippen LogP contribution in [0.3, 0.4) is 0 Å². The first kappa shape index (κ1) is 13.5. The minimum atomic E-state index is -0.690. The summed E-state index contributed by atoms with van der Waals surface area (Å²) in [6, 6.07) is 0. The molecule has 0 spiro atoms. The Morgan fingerprint density at radius 3 is 2.20 bits per heavy atom. The molecule has 0 fully saturated rings. The van der Waals surface area contributed by atoms with Gasteiger partial charge in [0, 0.05) is 0 Å². The summed E-state index contributed by atoms with van der Waals surface area (Å²) in [4.78, 5) is 22.1. The number of carbonyl (C=O) groups is 2. The number of hydrogen-bond donors (Lipinski definition) is 1. The molecule has 0 aromatic rings. The first-order chi connectivity index (χ1) is 7.11. The van der Waals surface area contributed by atoms with Crippen molar-refractivity contribution in [1.82, 2.24) is 0 Å². The zero-order chi connectivity index (χ0) is 11.7. The molecule has 0 radical (unpaired) electrons. The maximum Gasteiger partial charge on any atom is 0.354 e. The highest BCUT2D eigenvalue weighted by Crippen LogP contribution is 1.93. The van der Waals surface area contributed by atoms with Crippen LogP contribution in [0.15, 0.2) is 11.8 Å². The molecule has 5 nitrogen and oxygen atoms in total. The number of ether oxygens (including phenoxy) is 2. The van der Waals surface area contributed by atoms with Gasteiger partial charge in [0.1, 0.15) is 5.70 Å². The van der Waals surface area contributed by atoms with Crippen molar-refractivity contribution < 1.29 is 19.1 Å². The Kier molecular flexibility index (Phi) is 7.05. The lowest BCUT2D eigenvalue weighted by Crippen LogP contribution is -2.17. The topological polar surface area (TPSA) is 78.6 Å². The van der Waals surface area contributed by atoms with Gasteiger partial charge in [-0.1, -0.05) is 13.8 Å². The van der Waals surface area contributed by atoms with Crippen LogP contribution in [0.4, 0.5) is 0 Å². The molecule has 0 aliphatic carbocycles. The van der Waals surface area contributed by atoms with E-state index in [1.807, 2.05) is 13.8 Å². The van der Waals surface area contributed by atoms with E-state index >= 15 is 0 Å². The molecular weight excluding hydrogens is 198 g/mol. The Labute approximate surface area is 89.2 Å². The summed E-state index contributed by atoms with van der Waals surface area (Å²) < 4.78 is 9.43. The third-order valence-electron chi connectivity index (χ3n) is 1.39. The molecule has 0 rings (SSSR count). The second-order valence-electron chi connectivity index (χ2n) is 2.90. The third kappa shape index (κ3) is 6.54. The molecule has 0 aliphatic heterocycles. The van der Waals surface area contributed by atoms with Crippen molar-refractivity contribution in [3.63, 3.8) is 0 Å². The predicted octanol–water partition coefficient (Wildman–Crippen LogP) is 0.735. The summed E-state index contributed by atoms with van der Waals surface area (Å²) >= 11 is 0. The first-order valence-corrected chi connectivity index (χ1v) is 4.92. The highest BCUT2D eigenvalue weighted by atomic mass is 16.5. The van der Waals surface area contributed by atoms with E-state index in [-0.39, 0.29) is 12.3 Å². The molecular formula is C10H17NO4. The van der Waals surface area contributed by atoms with Gasteiger partial charge in [-0.05, 0) is 12.8 Å². The van der Waals surface area contributed by atoms with E-state index in [1.54, 1.807) is 0 Å². The van der Waals surface area contributed by atoms with E-state index in [0.717, 1.165) is 12.5 Å². The molecule has 0 aromatic carbocycles. The predicted molar refractivity (Wildman–Crippen MR) is 54.8 cm³/mol. The average molecular weight is 215 g/mol. The molecule has 0 bridgehead atoms. The van der Waals surface area contributed by atoms with Gasteiger partial charge in [0.05, 0.1) is 19.3 Å². The summed E-state index contributed by atoms with van der Waals surface area (Å²) in [6.07, 6.45) is 2.37. The summed E-state index contributed by atoms with van der Waals surface area (Å²) in [5.74, 6) is -1.31. The van der Waals surface area contributed by atoms with Crippen LogP contribution in [-0.4, -0.2) is 25.2 Å². The molecule has 0 heterocycles. The maximum atomic E-state index is 11.1. The SMILES string of the molecule is CCCOC(=O)C=C(N)C(=O)OCCC. The van der Waals surface area contributed by atoms with Gasteiger partial charge in [0.2, 0.25) is 0 Å². The fourth-order valence-corrected chi connectivity index (χ4v) is 0.708. The van der Waals surface area contributed by atoms with Gasteiger partial charge < -0.3 is 15.2 Å². The molecule has 0 aliphatic rings. The largest absolute Gasteiger partial charge is 0.462 e. The van der Waals surface area contributed by atoms with E-state index in [4.69, 9.17) is 15.2 Å². The molecule has 0 atom stereocenters. The molecule has 86 valence electrons. The average Bonchev–Trinajstić information content (AvgIpc) is 2.22. The normalized spacial score (nSPS) is 10.9. The van der Waals surface area contributed by atoms with Crippen LogP contribution in [0.2, 0.25) is 0 Å². The van der Waals surface area contributed by atoms with Crippen molar-refractivity contribution in [2.45, 2.75) is 26.7 Å². The summed E-state index contributed by atoms with van der Waals surface area (Å²) in [6.45, 7) is 4.34. The Bertz CT molecular complexity index is 248. The summed E-state index contributed by atoms with van der Waals surface area (Å²) in [5, 5.41) is 0. The second-order valence-corrected chi connectivity index (χ2v) is 2.90. The Hall–Kier alpha value is -1.52. The van der Waals surface area contributed by atoms with Crippen LogP contribution in [0.25, 0.3) is 0 Å². The first-order valence-electron chi connectivity index (χ1n) is 4.92. The van der Waals surface area contributed by atoms with Gasteiger partial charge >= 0.3 is 11.9 Å². The number of carbonyl (C=O) groups excluding carboxylic acids is 2. The highest BCUT2D eigenvalue weighted by molar-refractivity contribution is 5.95. The van der Waals surface area contributed by atoms with E-state index < -0.39 is 11.9 Å². The summed E-state index contributed by atoms with van der Waals surface area (Å²) in [5.41, 5.74) is 5.08. The third-order valence-corrected chi connectivity index (χ3v) is 1.39. The fraction of sp³-hybridized carbons (Fsp3) is 0.600. The Morgan fingerprint density at radius 2 is 1.67 bits per heavy atom. The smallest absolute Gasteiger partial charge is 0.354 e. The fourth-order valence-electron chi connectivity index (χ4n) is 0.708. The Morgan fingerprint density at radius 1 is 1.13 bits per heavy atom. The van der Waals surface area contributed by atoms with Crippen LogP contribution in [0, 0.1) is 0 Å². The number of esters is 2. The van der Waals surface area contributed by atoms with Crippen LogP contribution in [0.1, 0.15) is 26.7 Å². The molecule has 0 unspecified atom stereocenters. The molecule has 0 saturated carbocycles. The van der Waals surface area contributed by atoms with Gasteiger partial charge in [-0.3, -0.25) is 0 Å². The standard InChI is InChI=1S/C10H17NO4/c1-3-5-14-9(12)7-8(11)10(13)15-6-4-2/h7H,3-6,11H2,1-2H3. The lowest BCUT2D eigenvalue weighted by molar-refractivity contribution is -0.141. The maximum absolute atomic E-state index is 11.1. The van der Waals surface area contributed by atoms with E-state index in [2.05, 4.69) is 0 Å². The van der Waals surface area contributed by atoms with Gasteiger partial charge in [-0.25, -0.2) is 9.59 Å².